The molecule has 9 aromatic carbocycles. The fourth-order valence-corrected chi connectivity index (χ4v) is 10.6. The number of aromatic nitrogens is 15. The van der Waals surface area contributed by atoms with Gasteiger partial charge in [-0.15, -0.1) is 11.1 Å². The number of hydrogen-bond acceptors (Lipinski definition) is 17. The van der Waals surface area contributed by atoms with Crippen molar-refractivity contribution >= 4 is 21.8 Å². The summed E-state index contributed by atoms with van der Waals surface area (Å²) in [4.78, 5) is 31.3. The first-order valence-electron chi connectivity index (χ1n) is 40.0. The summed E-state index contributed by atoms with van der Waals surface area (Å²) in [5.74, 6) is 8.38. The van der Waals surface area contributed by atoms with E-state index in [2.05, 4.69) is 136 Å². The molecule has 0 saturated carbocycles. The van der Waals surface area contributed by atoms with Crippen molar-refractivity contribution in [2.45, 2.75) is 135 Å². The first-order valence-corrected chi connectivity index (χ1v) is 40.0. The molecule has 8 heterocycles. The van der Waals surface area contributed by atoms with E-state index in [1.165, 1.54) is 23.4 Å². The van der Waals surface area contributed by atoms with Crippen LogP contribution >= 0.6 is 0 Å². The zero-order valence-corrected chi connectivity index (χ0v) is 76.4. The van der Waals surface area contributed by atoms with E-state index in [4.69, 9.17) is 47.4 Å². The minimum Gasteiger partial charge on any atom is -0.497 e. The number of ether oxygens (including phenoxy) is 10. The van der Waals surface area contributed by atoms with E-state index in [9.17, 15) is 0 Å². The summed E-state index contributed by atoms with van der Waals surface area (Å²) in [5.41, 5.74) is 10.5. The van der Waals surface area contributed by atoms with Gasteiger partial charge in [0.05, 0.1) is 55.8 Å². The van der Waals surface area contributed by atoms with Crippen molar-refractivity contribution in [1.82, 2.24) is 75.4 Å². The Hall–Kier alpha value is -12.5. The van der Waals surface area contributed by atoms with Gasteiger partial charge < -0.3 is 72.3 Å². The number of para-hydroxylation sites is 10. The van der Waals surface area contributed by atoms with Crippen LogP contribution in [0.3, 0.4) is 0 Å². The molecule has 17 rings (SSSR count). The molecule has 630 valence electrons. The molecule has 0 aliphatic heterocycles. The Morgan fingerprint density at radius 2 is 0.639 bits per heavy atom. The minimum atomic E-state index is 0. The first-order chi connectivity index (χ1) is 59.5. The topological polar surface area (TPSA) is 309 Å². The molecule has 2 radical (unpaired) electrons. The summed E-state index contributed by atoms with van der Waals surface area (Å²) in [5, 5.41) is 22.0. The molecular formula is C95H107N15O10Y2-2. The summed E-state index contributed by atoms with van der Waals surface area (Å²) in [7, 11) is 0. The van der Waals surface area contributed by atoms with Crippen LogP contribution in [0.4, 0.5) is 0 Å². The predicted molar refractivity (Wildman–Crippen MR) is 469 cm³/mol. The van der Waals surface area contributed by atoms with E-state index < -0.39 is 0 Å². The van der Waals surface area contributed by atoms with E-state index in [1.54, 1.807) is 31.2 Å². The van der Waals surface area contributed by atoms with Gasteiger partial charge in [-0.2, -0.15) is 76.0 Å². The van der Waals surface area contributed by atoms with Crippen molar-refractivity contribution in [1.29, 1.82) is 0 Å². The number of hydrogen-bond donors (Lipinski definition) is 8. The maximum atomic E-state index is 6.05. The number of fused-ring (bicyclic) bond motifs is 2. The second kappa shape index (κ2) is 59.2. The first kappa shape index (κ1) is 98.3. The number of nitrogens with one attached hydrogen (secondary N) is 8. The van der Waals surface area contributed by atoms with Crippen LogP contribution in [0.1, 0.15) is 126 Å². The second-order valence-corrected chi connectivity index (χ2v) is 24.1. The van der Waals surface area contributed by atoms with Crippen molar-refractivity contribution in [2.75, 3.05) is 0 Å². The van der Waals surface area contributed by atoms with Gasteiger partial charge in [-0.3, -0.25) is 15.3 Å². The van der Waals surface area contributed by atoms with Crippen molar-refractivity contribution in [3.05, 3.63) is 368 Å². The Labute approximate surface area is 764 Å². The van der Waals surface area contributed by atoms with Crippen molar-refractivity contribution < 1.29 is 113 Å². The summed E-state index contributed by atoms with van der Waals surface area (Å²) < 4.78 is 58.1. The van der Waals surface area contributed by atoms with Gasteiger partial charge in [0.25, 0.3) is 0 Å². The van der Waals surface area contributed by atoms with E-state index in [1.807, 2.05) is 276 Å². The number of rotatable bonds is 30. The summed E-state index contributed by atoms with van der Waals surface area (Å²) in [6.45, 7) is 24.4. The van der Waals surface area contributed by atoms with Gasteiger partial charge in [0, 0.05) is 119 Å². The molecule has 0 aliphatic carbocycles. The molecular weight excluding hydrogens is 1690 g/mol. The molecule has 0 bridgehead atoms. The van der Waals surface area contributed by atoms with E-state index in [0.29, 0.717) is 101 Å². The van der Waals surface area contributed by atoms with Gasteiger partial charge in [0.1, 0.15) is 65.5 Å². The smallest absolute Gasteiger partial charge is 0.162 e. The van der Waals surface area contributed by atoms with Gasteiger partial charge in [-0.05, 0) is 113 Å². The van der Waals surface area contributed by atoms with Crippen molar-refractivity contribution in [2.24, 2.45) is 0 Å². The summed E-state index contributed by atoms with van der Waals surface area (Å²) >= 11 is 0. The third-order valence-corrected chi connectivity index (χ3v) is 16.1. The maximum Gasteiger partial charge on any atom is 0.162 e. The van der Waals surface area contributed by atoms with Gasteiger partial charge in [-0.1, -0.05) is 154 Å². The molecule has 27 heteroatoms. The van der Waals surface area contributed by atoms with E-state index in [-0.39, 0.29) is 65.4 Å². The Kier molecular flexibility index (Phi) is 47.7. The van der Waals surface area contributed by atoms with Crippen LogP contribution < -0.4 is 47.4 Å². The molecule has 0 atom stereocenters. The Bertz CT molecular complexity index is 4790. The quantitative estimate of drug-likeness (QED) is 0.0194. The number of benzene rings is 9. The number of aromatic amines is 8. The molecule has 8 N–H and O–H groups in total. The maximum absolute atomic E-state index is 6.05. The van der Waals surface area contributed by atoms with Gasteiger partial charge in [0.2, 0.25) is 0 Å². The zero-order chi connectivity index (χ0) is 84.7. The van der Waals surface area contributed by atoms with E-state index in [0.717, 1.165) is 90.3 Å². The second-order valence-electron chi connectivity index (χ2n) is 24.1. The van der Waals surface area contributed by atoms with Gasteiger partial charge in [-0.25, -0.2) is 19.9 Å². The Morgan fingerprint density at radius 3 is 0.943 bits per heavy atom. The monoisotopic (exact) mass is 1800 g/mol. The summed E-state index contributed by atoms with van der Waals surface area (Å²) in [6, 6.07) is 78.4. The molecule has 17 aromatic rings. The van der Waals surface area contributed by atoms with Crippen LogP contribution in [-0.4, -0.2) is 75.4 Å². The van der Waals surface area contributed by atoms with Crippen molar-refractivity contribution in [3.63, 3.8) is 0 Å². The van der Waals surface area contributed by atoms with Crippen molar-refractivity contribution in [3.8, 4) is 57.5 Å². The van der Waals surface area contributed by atoms with Crippen LogP contribution in [-0.2, 0) is 131 Å². The average molecular weight is 1800 g/mol. The molecule has 25 nitrogen and oxygen atoms in total. The Morgan fingerprint density at radius 1 is 0.295 bits per heavy atom. The third-order valence-electron chi connectivity index (χ3n) is 16.1. The van der Waals surface area contributed by atoms with Gasteiger partial charge in [0.15, 0.2) is 69.1 Å². The molecule has 0 amide bonds. The number of imidazole rings is 2. The van der Waals surface area contributed by atoms with E-state index >= 15 is 0 Å². The summed E-state index contributed by atoms with van der Waals surface area (Å²) in [6.07, 6.45) is 20.8. The molecule has 0 saturated heterocycles. The molecule has 0 spiro atoms. The molecule has 0 fully saturated rings. The van der Waals surface area contributed by atoms with Crippen LogP contribution in [0.2, 0.25) is 0 Å². The molecule has 0 unspecified atom stereocenters. The average Bonchev–Trinajstić information content (AvgIpc) is 1.67. The van der Waals surface area contributed by atoms with Crippen LogP contribution in [0.15, 0.2) is 299 Å². The fourth-order valence-electron chi connectivity index (χ4n) is 10.6. The zero-order valence-electron chi connectivity index (χ0n) is 70.7. The minimum absolute atomic E-state index is 0. The fraction of sp³-hybridized carbons (Fsp3) is 0.211. The van der Waals surface area contributed by atoms with Crippen LogP contribution in [0.25, 0.3) is 21.8 Å². The normalized spacial score (nSPS) is 9.75. The number of H-pyrrole nitrogens is 8. The molecule has 0 aliphatic rings. The standard InChI is InChI=1S/C24H20N2O2.C20H16O2.C15H15N3O2.C14H14N4O2.C12H12N6O2.5C2H6.2Y/c1-2-4-24(28-16-18-6-8-20-10-12-26-22(20)14-18)23(3-1)27-15-17-5-7-19-9-11-25-21(19)13-17;1-3-9-17(10-4-1)15-21-19-13-7-8-14-20(19)22-16-18-11-5-2-6-12-18;1-2-4-15(20-11-13-8-17-18-9-13)14(3-1)19-10-12-5-6-16-7-12;1-2-4-14(20-8-12-6-16-10-18-12)13(3-1)19-7-11-5-15-9-17-11;1-2-4-10(20-6-12-14-8-16-18-12)9(3-1)19-5-11-13-7-15-17-11;5*1-2;;/h1-14,25-26H,15-16H2;1-3,5,7-14H,15-16H2;1-9,16H,10-11H2,(H,17,18);1-6,9-10H,7-8H2,(H,15,17)(H,16,18);1-4,7-8H,5-6H2,(H,13,15,17)(H,14,16,18);5*1-2H3;;/q;-2;;;;;;;;;;. The van der Waals surface area contributed by atoms with Gasteiger partial charge >= 0.3 is 0 Å². The molecule has 122 heavy (non-hydrogen) atoms. The van der Waals surface area contributed by atoms with Crippen LogP contribution in [0, 0.1) is 12.1 Å². The number of nitrogens with zero attached hydrogens (tertiary/aromatic N) is 7. The predicted octanol–water partition coefficient (Wildman–Crippen LogP) is 21.6. The SMILES string of the molecule is CC.CC.CC.CC.CC.[Y].[Y].[c-]1cccc(COc2ccccc2OCc2c[c-]ccc2)c1.c1ccc(OCc2ccc3cc[nH]c3c2)c(OCc2ccc3cc[nH]c3c2)c1.c1ccc(OCc2cn[nH]c2)c(OCc2cc[nH]c2)c1.c1ccc(OCc2cnc[nH]2)c(OCc2cnc[nH]2)c1.c1ccc(OCc2ncn[nH]2)c(OCc2ncn[nH]2)c1. The van der Waals surface area contributed by atoms with Crippen LogP contribution in [0.5, 0.6) is 57.5 Å². The Balaban J connectivity index is 0.000000230. The largest absolute Gasteiger partial charge is 0.497 e. The third kappa shape index (κ3) is 34.3. The molecule has 8 aromatic heterocycles.